The summed E-state index contributed by atoms with van der Waals surface area (Å²) in [5.41, 5.74) is -0.426. The van der Waals surface area contributed by atoms with Crippen molar-refractivity contribution in [3.63, 3.8) is 0 Å². The first-order chi connectivity index (χ1) is 7.32. The van der Waals surface area contributed by atoms with Crippen molar-refractivity contribution in [2.45, 2.75) is 12.5 Å². The van der Waals surface area contributed by atoms with Gasteiger partial charge in [-0.15, -0.1) is 0 Å². The largest absolute Gasteiger partial charge is 0.480 e. The standard InChI is InChI=1S/C10H18N2O4/c1-10(16-5-9(14)15)6-12(7-10)4-8(13)11(2)3/h4-7H2,1-3H3,(H,14,15). The molecule has 1 aliphatic rings. The molecule has 6 nitrogen and oxygen atoms in total. The van der Waals surface area contributed by atoms with Gasteiger partial charge in [-0.3, -0.25) is 9.69 Å². The lowest BCUT2D eigenvalue weighted by atomic mass is 9.96. The van der Waals surface area contributed by atoms with Crippen LogP contribution < -0.4 is 0 Å². The van der Waals surface area contributed by atoms with Gasteiger partial charge in [0.2, 0.25) is 5.91 Å². The number of ether oxygens (including phenoxy) is 1. The fourth-order valence-electron chi connectivity index (χ4n) is 1.67. The van der Waals surface area contributed by atoms with Crippen LogP contribution in [0.5, 0.6) is 0 Å². The summed E-state index contributed by atoms with van der Waals surface area (Å²) in [5.74, 6) is -0.927. The molecule has 1 saturated heterocycles. The fraction of sp³-hybridized carbons (Fsp3) is 0.800. The van der Waals surface area contributed by atoms with Gasteiger partial charge in [0, 0.05) is 27.2 Å². The number of carbonyl (C=O) groups excluding carboxylic acids is 1. The zero-order valence-corrected chi connectivity index (χ0v) is 9.89. The van der Waals surface area contributed by atoms with Gasteiger partial charge in [-0.1, -0.05) is 0 Å². The second-order valence-electron chi connectivity index (χ2n) is 4.57. The van der Waals surface area contributed by atoms with E-state index in [4.69, 9.17) is 9.84 Å². The van der Waals surface area contributed by atoms with Gasteiger partial charge in [0.15, 0.2) is 0 Å². The maximum atomic E-state index is 11.4. The molecule has 0 atom stereocenters. The van der Waals surface area contributed by atoms with Gasteiger partial charge >= 0.3 is 5.97 Å². The molecule has 1 amide bonds. The van der Waals surface area contributed by atoms with E-state index in [1.807, 2.05) is 11.8 Å². The Morgan fingerprint density at radius 2 is 2.00 bits per heavy atom. The molecule has 1 rings (SSSR count). The van der Waals surface area contributed by atoms with Crippen molar-refractivity contribution < 1.29 is 19.4 Å². The van der Waals surface area contributed by atoms with E-state index in [0.29, 0.717) is 19.6 Å². The molecule has 1 aliphatic heterocycles. The van der Waals surface area contributed by atoms with E-state index in [0.717, 1.165) is 0 Å². The highest BCUT2D eigenvalue weighted by molar-refractivity contribution is 5.77. The van der Waals surface area contributed by atoms with Crippen LogP contribution in [0, 0.1) is 0 Å². The molecule has 0 radical (unpaired) electrons. The van der Waals surface area contributed by atoms with E-state index in [-0.39, 0.29) is 12.5 Å². The number of rotatable bonds is 5. The van der Waals surface area contributed by atoms with Crippen molar-refractivity contribution in [3.8, 4) is 0 Å². The molecule has 6 heteroatoms. The van der Waals surface area contributed by atoms with E-state index < -0.39 is 11.6 Å². The first-order valence-electron chi connectivity index (χ1n) is 5.11. The van der Waals surface area contributed by atoms with E-state index >= 15 is 0 Å². The molecule has 16 heavy (non-hydrogen) atoms. The molecule has 1 fully saturated rings. The Hall–Kier alpha value is -1.14. The maximum absolute atomic E-state index is 11.4. The van der Waals surface area contributed by atoms with Crippen molar-refractivity contribution in [3.05, 3.63) is 0 Å². The fourth-order valence-corrected chi connectivity index (χ4v) is 1.67. The Labute approximate surface area is 94.8 Å². The molecule has 0 bridgehead atoms. The summed E-state index contributed by atoms with van der Waals surface area (Å²) in [6, 6.07) is 0. The summed E-state index contributed by atoms with van der Waals surface area (Å²) >= 11 is 0. The van der Waals surface area contributed by atoms with Gasteiger partial charge in [-0.2, -0.15) is 0 Å². The topological polar surface area (TPSA) is 70.1 Å². The minimum absolute atomic E-state index is 0.0419. The van der Waals surface area contributed by atoms with Crippen molar-refractivity contribution in [1.29, 1.82) is 0 Å². The number of carboxylic acids is 1. The molecule has 0 saturated carbocycles. The van der Waals surface area contributed by atoms with Crippen LogP contribution in [0.2, 0.25) is 0 Å². The number of carbonyl (C=O) groups is 2. The lowest BCUT2D eigenvalue weighted by Gasteiger charge is -2.47. The van der Waals surface area contributed by atoms with Gasteiger partial charge < -0.3 is 14.7 Å². The highest BCUT2D eigenvalue weighted by Crippen LogP contribution is 2.24. The number of amides is 1. The average molecular weight is 230 g/mol. The number of likely N-dealkylation sites (N-methyl/N-ethyl adjacent to an activating group) is 1. The van der Waals surface area contributed by atoms with Crippen LogP contribution in [0.1, 0.15) is 6.92 Å². The summed E-state index contributed by atoms with van der Waals surface area (Å²) in [7, 11) is 3.42. The predicted molar refractivity (Wildman–Crippen MR) is 57.1 cm³/mol. The summed E-state index contributed by atoms with van der Waals surface area (Å²) in [6.07, 6.45) is 0. The van der Waals surface area contributed by atoms with Crippen LogP contribution in [0.15, 0.2) is 0 Å². The number of aliphatic carboxylic acids is 1. The molecule has 0 spiro atoms. The third-order valence-electron chi connectivity index (χ3n) is 2.52. The molecule has 0 aromatic carbocycles. The van der Waals surface area contributed by atoms with Crippen LogP contribution in [0.3, 0.4) is 0 Å². The van der Waals surface area contributed by atoms with Crippen LogP contribution in [0.25, 0.3) is 0 Å². The third-order valence-corrected chi connectivity index (χ3v) is 2.52. The van der Waals surface area contributed by atoms with Crippen LogP contribution >= 0.6 is 0 Å². The second-order valence-corrected chi connectivity index (χ2v) is 4.57. The highest BCUT2D eigenvalue weighted by atomic mass is 16.5. The van der Waals surface area contributed by atoms with E-state index in [9.17, 15) is 9.59 Å². The summed E-state index contributed by atoms with van der Waals surface area (Å²) in [5, 5.41) is 8.48. The molecule has 0 aliphatic carbocycles. The monoisotopic (exact) mass is 230 g/mol. The Morgan fingerprint density at radius 1 is 1.44 bits per heavy atom. The summed E-state index contributed by atoms with van der Waals surface area (Å²) in [6.45, 7) is 3.12. The average Bonchev–Trinajstić information content (AvgIpc) is 2.12. The SMILES string of the molecule is CN(C)C(=O)CN1CC(C)(OCC(=O)O)C1. The summed E-state index contributed by atoms with van der Waals surface area (Å²) < 4.78 is 5.23. The van der Waals surface area contributed by atoms with Gasteiger partial charge in [0.1, 0.15) is 6.61 Å². The first-order valence-corrected chi connectivity index (χ1v) is 5.11. The van der Waals surface area contributed by atoms with Gasteiger partial charge in [0.25, 0.3) is 0 Å². The number of hydrogen-bond donors (Lipinski definition) is 1. The van der Waals surface area contributed by atoms with Gasteiger partial charge in [0.05, 0.1) is 12.1 Å². The van der Waals surface area contributed by atoms with E-state index in [2.05, 4.69) is 0 Å². The lowest BCUT2D eigenvalue weighted by Crippen LogP contribution is -2.63. The molecule has 1 N–H and O–H groups in total. The molecule has 1 heterocycles. The number of nitrogens with zero attached hydrogens (tertiary/aromatic N) is 2. The Morgan fingerprint density at radius 3 is 2.44 bits per heavy atom. The molecule has 0 aromatic rings. The predicted octanol–water partition coefficient (Wildman–Crippen LogP) is -0.750. The smallest absolute Gasteiger partial charge is 0.329 e. The van der Waals surface area contributed by atoms with Crippen molar-refractivity contribution in [2.75, 3.05) is 40.3 Å². The van der Waals surface area contributed by atoms with Crippen molar-refractivity contribution in [1.82, 2.24) is 9.80 Å². The molecular weight excluding hydrogens is 212 g/mol. The Balaban J connectivity index is 2.25. The van der Waals surface area contributed by atoms with Gasteiger partial charge in [-0.05, 0) is 6.92 Å². The Bertz CT molecular complexity index is 285. The molecule has 0 unspecified atom stereocenters. The van der Waals surface area contributed by atoms with Crippen LogP contribution in [-0.4, -0.2) is 72.7 Å². The molecular formula is C10H18N2O4. The summed E-state index contributed by atoms with van der Waals surface area (Å²) in [4.78, 5) is 25.2. The quantitative estimate of drug-likeness (QED) is 0.673. The van der Waals surface area contributed by atoms with Crippen LogP contribution in [0.4, 0.5) is 0 Å². The second kappa shape index (κ2) is 4.80. The number of likely N-dealkylation sites (tertiary alicyclic amines) is 1. The zero-order chi connectivity index (χ0) is 12.3. The van der Waals surface area contributed by atoms with Crippen LogP contribution in [-0.2, 0) is 14.3 Å². The van der Waals surface area contributed by atoms with Crippen molar-refractivity contribution in [2.24, 2.45) is 0 Å². The lowest BCUT2D eigenvalue weighted by molar-refractivity contribution is -0.167. The normalized spacial score (nSPS) is 18.9. The Kier molecular flexibility index (Phi) is 3.88. The van der Waals surface area contributed by atoms with E-state index in [1.54, 1.807) is 14.1 Å². The number of hydrogen-bond acceptors (Lipinski definition) is 4. The zero-order valence-electron chi connectivity index (χ0n) is 9.89. The van der Waals surface area contributed by atoms with Gasteiger partial charge in [-0.25, -0.2) is 4.79 Å². The molecule has 92 valence electrons. The first kappa shape index (κ1) is 12.9. The minimum Gasteiger partial charge on any atom is -0.480 e. The van der Waals surface area contributed by atoms with Crippen molar-refractivity contribution >= 4 is 11.9 Å². The highest BCUT2D eigenvalue weighted by Gasteiger charge is 2.40. The van der Waals surface area contributed by atoms with E-state index in [1.165, 1.54) is 4.90 Å². The minimum atomic E-state index is -0.968. The molecule has 0 aromatic heterocycles. The third kappa shape index (κ3) is 3.46. The number of carboxylic acid groups (broad SMARTS) is 1. The maximum Gasteiger partial charge on any atom is 0.329 e.